The highest BCUT2D eigenvalue weighted by atomic mass is 35.5. The molecule has 0 bridgehead atoms. The summed E-state index contributed by atoms with van der Waals surface area (Å²) < 4.78 is 2.11. The van der Waals surface area contributed by atoms with Crippen LogP contribution in [0.3, 0.4) is 0 Å². The molecule has 1 N–H and O–H groups in total. The molecule has 0 aliphatic carbocycles. The maximum Gasteiger partial charge on any atom is 0.170 e. The summed E-state index contributed by atoms with van der Waals surface area (Å²) in [6.07, 6.45) is 4.83. The van der Waals surface area contributed by atoms with Gasteiger partial charge in [-0.05, 0) is 61.1 Å². The molecule has 0 amide bonds. The van der Waals surface area contributed by atoms with E-state index in [0.29, 0.717) is 10.0 Å². The maximum atomic E-state index is 6.51. The van der Waals surface area contributed by atoms with E-state index in [1.54, 1.807) is 6.07 Å². The summed E-state index contributed by atoms with van der Waals surface area (Å²) in [7, 11) is 0. The van der Waals surface area contributed by atoms with Crippen molar-refractivity contribution < 1.29 is 0 Å². The van der Waals surface area contributed by atoms with E-state index >= 15 is 0 Å². The van der Waals surface area contributed by atoms with Crippen molar-refractivity contribution in [2.24, 2.45) is 0 Å². The van der Waals surface area contributed by atoms with Gasteiger partial charge in [-0.2, -0.15) is 0 Å². The Balaban J connectivity index is 1.83. The first-order valence-electron chi connectivity index (χ1n) is 9.21. The van der Waals surface area contributed by atoms with E-state index in [0.717, 1.165) is 35.2 Å². The molecule has 0 radical (unpaired) electrons. The molecule has 1 saturated heterocycles. The lowest BCUT2D eigenvalue weighted by Gasteiger charge is -2.28. The van der Waals surface area contributed by atoms with Crippen LogP contribution in [0.4, 0.5) is 0 Å². The van der Waals surface area contributed by atoms with Crippen molar-refractivity contribution in [1.29, 1.82) is 0 Å². The van der Waals surface area contributed by atoms with E-state index in [2.05, 4.69) is 32.8 Å². The fourth-order valence-electron chi connectivity index (χ4n) is 3.74. The molecule has 4 nitrogen and oxygen atoms in total. The predicted molar refractivity (Wildman–Crippen MR) is 118 cm³/mol. The zero-order valence-electron chi connectivity index (χ0n) is 15.3. The van der Waals surface area contributed by atoms with Crippen molar-refractivity contribution in [3.8, 4) is 5.69 Å². The summed E-state index contributed by atoms with van der Waals surface area (Å²) in [5.74, 6) is 0. The van der Waals surface area contributed by atoms with E-state index in [4.69, 9.17) is 35.4 Å². The van der Waals surface area contributed by atoms with Crippen LogP contribution in [0.25, 0.3) is 5.69 Å². The Morgan fingerprint density at radius 2 is 2.00 bits per heavy atom. The van der Waals surface area contributed by atoms with Crippen LogP contribution in [0.15, 0.2) is 60.9 Å². The number of pyridine rings is 1. The van der Waals surface area contributed by atoms with Crippen LogP contribution in [0, 0.1) is 0 Å². The molecule has 1 aromatic carbocycles. The van der Waals surface area contributed by atoms with Crippen LogP contribution >= 0.6 is 35.4 Å². The van der Waals surface area contributed by atoms with E-state index in [1.807, 2.05) is 48.8 Å². The van der Waals surface area contributed by atoms with Crippen LogP contribution < -0.4 is 5.32 Å². The molecule has 2 atom stereocenters. The van der Waals surface area contributed by atoms with Crippen molar-refractivity contribution in [1.82, 2.24) is 19.8 Å². The SMILES string of the molecule is CCCN1C(=S)N[C@@H](c2ccccn2)[C@@H]1c1cccn1-c1ccc(Cl)cc1Cl. The first-order chi connectivity index (χ1) is 13.6. The quantitative estimate of drug-likeness (QED) is 0.536. The van der Waals surface area contributed by atoms with Gasteiger partial charge >= 0.3 is 0 Å². The van der Waals surface area contributed by atoms with Gasteiger partial charge in [0.25, 0.3) is 0 Å². The van der Waals surface area contributed by atoms with E-state index in [-0.39, 0.29) is 12.1 Å². The molecule has 0 spiro atoms. The number of aromatic nitrogens is 2. The molecular weight excluding hydrogens is 411 g/mol. The second-order valence-electron chi connectivity index (χ2n) is 6.72. The molecule has 7 heteroatoms. The molecule has 1 aliphatic rings. The summed E-state index contributed by atoms with van der Waals surface area (Å²) in [4.78, 5) is 6.82. The molecule has 144 valence electrons. The highest BCUT2D eigenvalue weighted by Crippen LogP contribution is 2.40. The second kappa shape index (κ2) is 8.11. The van der Waals surface area contributed by atoms with E-state index in [1.165, 1.54) is 0 Å². The van der Waals surface area contributed by atoms with Gasteiger partial charge in [-0.1, -0.05) is 36.2 Å². The summed E-state index contributed by atoms with van der Waals surface area (Å²) in [6, 6.07) is 15.6. The highest BCUT2D eigenvalue weighted by molar-refractivity contribution is 7.80. The van der Waals surface area contributed by atoms with Gasteiger partial charge in [0.1, 0.15) is 0 Å². The van der Waals surface area contributed by atoms with Crippen LogP contribution in [-0.4, -0.2) is 26.1 Å². The molecule has 3 aromatic rings. The lowest BCUT2D eigenvalue weighted by atomic mass is 10.0. The van der Waals surface area contributed by atoms with Gasteiger partial charge in [0.2, 0.25) is 0 Å². The standard InChI is InChI=1S/C21H20Cl2N4S/c1-2-11-27-20(19(25-21(27)28)16-6-3-4-10-24-16)18-7-5-12-26(18)17-9-8-14(22)13-15(17)23/h3-10,12-13,19-20H,2,11H2,1H3,(H,25,28)/t19-,20-/m0/s1. The normalized spacial score (nSPS) is 19.1. The molecule has 1 aliphatic heterocycles. The van der Waals surface area contributed by atoms with Gasteiger partial charge < -0.3 is 14.8 Å². The maximum absolute atomic E-state index is 6.51. The van der Waals surface area contributed by atoms with Crippen LogP contribution in [0.2, 0.25) is 10.0 Å². The molecule has 0 saturated carbocycles. The monoisotopic (exact) mass is 430 g/mol. The first kappa shape index (κ1) is 19.2. The van der Waals surface area contributed by atoms with Crippen molar-refractivity contribution in [2.45, 2.75) is 25.4 Å². The average molecular weight is 431 g/mol. The van der Waals surface area contributed by atoms with Gasteiger partial charge in [0, 0.05) is 29.7 Å². The number of thiocarbonyl (C=S) groups is 1. The van der Waals surface area contributed by atoms with Gasteiger partial charge in [-0.15, -0.1) is 0 Å². The third-order valence-electron chi connectivity index (χ3n) is 4.91. The smallest absolute Gasteiger partial charge is 0.170 e. The third-order valence-corrected chi connectivity index (χ3v) is 5.81. The number of hydrogen-bond donors (Lipinski definition) is 1. The molecule has 3 heterocycles. The van der Waals surface area contributed by atoms with Gasteiger partial charge in [0.15, 0.2) is 5.11 Å². The minimum Gasteiger partial charge on any atom is -0.352 e. The zero-order valence-corrected chi connectivity index (χ0v) is 17.7. The average Bonchev–Trinajstić information content (AvgIpc) is 3.28. The molecule has 1 fully saturated rings. The Morgan fingerprint density at radius 3 is 2.71 bits per heavy atom. The number of rotatable bonds is 5. The molecule has 4 rings (SSSR count). The molecular formula is C21H20Cl2N4S. The largest absolute Gasteiger partial charge is 0.352 e. The Labute approximate surface area is 180 Å². The van der Waals surface area contributed by atoms with Crippen molar-refractivity contribution >= 4 is 40.5 Å². The predicted octanol–water partition coefficient (Wildman–Crippen LogP) is 5.56. The minimum atomic E-state index is -0.0417. The Kier molecular flexibility index (Phi) is 5.58. The van der Waals surface area contributed by atoms with Crippen molar-refractivity contribution in [3.05, 3.63) is 82.4 Å². The Hall–Kier alpha value is -2.08. The lowest BCUT2D eigenvalue weighted by molar-refractivity contribution is 0.309. The number of halogens is 2. The second-order valence-corrected chi connectivity index (χ2v) is 7.95. The van der Waals surface area contributed by atoms with E-state index < -0.39 is 0 Å². The number of nitrogens with zero attached hydrogens (tertiary/aromatic N) is 3. The Morgan fingerprint density at radius 1 is 1.14 bits per heavy atom. The molecule has 2 aromatic heterocycles. The van der Waals surface area contributed by atoms with Crippen LogP contribution in [0.5, 0.6) is 0 Å². The first-order valence-corrected chi connectivity index (χ1v) is 10.4. The number of benzene rings is 1. The van der Waals surface area contributed by atoms with Crippen LogP contribution in [-0.2, 0) is 0 Å². The number of nitrogens with one attached hydrogen (secondary N) is 1. The van der Waals surface area contributed by atoms with Crippen molar-refractivity contribution in [3.63, 3.8) is 0 Å². The summed E-state index contributed by atoms with van der Waals surface area (Å²) in [5, 5.41) is 5.44. The third kappa shape index (κ3) is 3.50. The van der Waals surface area contributed by atoms with Crippen molar-refractivity contribution in [2.75, 3.05) is 6.54 Å². The highest BCUT2D eigenvalue weighted by Gasteiger charge is 2.40. The Bertz CT molecular complexity index is 989. The summed E-state index contributed by atoms with van der Waals surface area (Å²) in [6.45, 7) is 3.02. The zero-order chi connectivity index (χ0) is 19.7. The fourth-order valence-corrected chi connectivity index (χ4v) is 4.57. The van der Waals surface area contributed by atoms with Gasteiger partial charge in [-0.3, -0.25) is 4.98 Å². The van der Waals surface area contributed by atoms with Crippen LogP contribution in [0.1, 0.15) is 36.8 Å². The summed E-state index contributed by atoms with van der Waals surface area (Å²) in [5.41, 5.74) is 2.95. The van der Waals surface area contributed by atoms with E-state index in [9.17, 15) is 0 Å². The lowest BCUT2D eigenvalue weighted by Crippen LogP contribution is -2.31. The minimum absolute atomic E-state index is 0.00379. The summed E-state index contributed by atoms with van der Waals surface area (Å²) >= 11 is 18.3. The number of hydrogen-bond acceptors (Lipinski definition) is 2. The topological polar surface area (TPSA) is 33.1 Å². The molecule has 28 heavy (non-hydrogen) atoms. The van der Waals surface area contributed by atoms with Gasteiger partial charge in [-0.25, -0.2) is 0 Å². The van der Waals surface area contributed by atoms with Gasteiger partial charge in [0.05, 0.1) is 28.5 Å². The molecule has 0 unspecified atom stereocenters. The fraction of sp³-hybridized carbons (Fsp3) is 0.238.